The van der Waals surface area contributed by atoms with E-state index in [1.54, 1.807) is 6.92 Å². The number of rotatable bonds is 6. The Morgan fingerprint density at radius 2 is 1.83 bits per heavy atom. The molecule has 0 saturated carbocycles. The fourth-order valence-electron chi connectivity index (χ4n) is 1.26. The van der Waals surface area contributed by atoms with Gasteiger partial charge < -0.3 is 14.6 Å². The topological polar surface area (TPSA) is 38.7 Å². The van der Waals surface area contributed by atoms with Crippen molar-refractivity contribution < 1.29 is 14.6 Å². The lowest BCUT2D eigenvalue weighted by Gasteiger charge is -2.30. The van der Waals surface area contributed by atoms with Crippen molar-refractivity contribution in [3.05, 3.63) is 0 Å². The van der Waals surface area contributed by atoms with Crippen LogP contribution in [0.25, 0.3) is 0 Å². The highest BCUT2D eigenvalue weighted by Crippen LogP contribution is 2.20. The highest BCUT2D eigenvalue weighted by atomic mass is 16.7. The summed E-state index contributed by atoms with van der Waals surface area (Å²) in [4.78, 5) is 0. The van der Waals surface area contributed by atoms with E-state index in [2.05, 4.69) is 6.92 Å². The van der Waals surface area contributed by atoms with Crippen LogP contribution in [0.15, 0.2) is 0 Å². The Bertz CT molecular complexity index is 108. The maximum atomic E-state index is 9.86. The molecule has 0 spiro atoms. The van der Waals surface area contributed by atoms with Crippen molar-refractivity contribution >= 4 is 0 Å². The average Bonchev–Trinajstić information content (AvgIpc) is 2.03. The molecule has 0 aliphatic heterocycles. The lowest BCUT2D eigenvalue weighted by Crippen LogP contribution is -2.41. The molecule has 0 bridgehead atoms. The van der Waals surface area contributed by atoms with Crippen molar-refractivity contribution in [3.8, 4) is 0 Å². The van der Waals surface area contributed by atoms with Crippen LogP contribution in [0.3, 0.4) is 0 Å². The van der Waals surface area contributed by atoms with E-state index in [4.69, 9.17) is 9.47 Å². The lowest BCUT2D eigenvalue weighted by atomic mass is 9.98. The van der Waals surface area contributed by atoms with Crippen molar-refractivity contribution in [2.45, 2.75) is 45.0 Å². The molecule has 0 aliphatic rings. The minimum absolute atomic E-state index is 0.524. The summed E-state index contributed by atoms with van der Waals surface area (Å²) in [7, 11) is 3.07. The first-order chi connectivity index (χ1) is 5.58. The summed E-state index contributed by atoms with van der Waals surface area (Å²) in [5, 5.41) is 9.86. The fraction of sp³-hybridized carbons (Fsp3) is 1.00. The maximum Gasteiger partial charge on any atom is 0.185 e. The van der Waals surface area contributed by atoms with Gasteiger partial charge in [-0.15, -0.1) is 0 Å². The molecule has 3 nitrogen and oxygen atoms in total. The number of ether oxygens (including phenoxy) is 2. The van der Waals surface area contributed by atoms with Gasteiger partial charge in [0.25, 0.3) is 0 Å². The number of hydrogen-bond donors (Lipinski definition) is 1. The Labute approximate surface area is 74.7 Å². The smallest absolute Gasteiger partial charge is 0.185 e. The monoisotopic (exact) mass is 176 g/mol. The third-order valence-corrected chi connectivity index (χ3v) is 1.97. The molecule has 0 rings (SSSR count). The molecule has 1 atom stereocenters. The van der Waals surface area contributed by atoms with E-state index in [1.807, 2.05) is 0 Å². The zero-order valence-corrected chi connectivity index (χ0v) is 8.46. The van der Waals surface area contributed by atoms with E-state index < -0.39 is 11.9 Å². The van der Waals surface area contributed by atoms with Crippen LogP contribution in [0.1, 0.15) is 33.1 Å². The Kier molecular flexibility index (Phi) is 5.46. The van der Waals surface area contributed by atoms with E-state index >= 15 is 0 Å². The molecule has 0 amide bonds. The zero-order valence-electron chi connectivity index (χ0n) is 8.46. The van der Waals surface area contributed by atoms with Gasteiger partial charge in [0.1, 0.15) is 5.60 Å². The van der Waals surface area contributed by atoms with Crippen molar-refractivity contribution in [2.24, 2.45) is 0 Å². The number of aliphatic hydroxyl groups is 1. The molecule has 12 heavy (non-hydrogen) atoms. The molecule has 1 unspecified atom stereocenters. The largest absolute Gasteiger partial charge is 0.385 e. The Morgan fingerprint density at radius 3 is 2.17 bits per heavy atom. The molecule has 0 aromatic rings. The predicted molar refractivity (Wildman–Crippen MR) is 48.0 cm³/mol. The van der Waals surface area contributed by atoms with E-state index in [0.29, 0.717) is 6.42 Å². The van der Waals surface area contributed by atoms with E-state index in [0.717, 1.165) is 12.8 Å². The first-order valence-corrected chi connectivity index (χ1v) is 4.36. The molecule has 0 fully saturated rings. The molecule has 0 aliphatic carbocycles. The minimum Gasteiger partial charge on any atom is -0.385 e. The van der Waals surface area contributed by atoms with Gasteiger partial charge in [-0.3, -0.25) is 0 Å². The minimum atomic E-state index is -0.875. The second-order valence-corrected chi connectivity index (χ2v) is 3.26. The first kappa shape index (κ1) is 11.9. The van der Waals surface area contributed by atoms with Crippen LogP contribution in [-0.4, -0.2) is 31.2 Å². The Balaban J connectivity index is 3.96. The quantitative estimate of drug-likeness (QED) is 0.624. The summed E-state index contributed by atoms with van der Waals surface area (Å²) in [5.41, 5.74) is -0.875. The zero-order chi connectivity index (χ0) is 9.61. The van der Waals surface area contributed by atoms with Crippen LogP contribution in [0, 0.1) is 0 Å². The van der Waals surface area contributed by atoms with E-state index in [-0.39, 0.29) is 0 Å². The summed E-state index contributed by atoms with van der Waals surface area (Å²) in [6, 6.07) is 0. The van der Waals surface area contributed by atoms with Gasteiger partial charge in [-0.05, 0) is 13.3 Å². The van der Waals surface area contributed by atoms with Gasteiger partial charge in [-0.1, -0.05) is 19.8 Å². The van der Waals surface area contributed by atoms with Crippen LogP contribution in [-0.2, 0) is 9.47 Å². The molecule has 3 heteroatoms. The molecule has 0 aromatic carbocycles. The van der Waals surface area contributed by atoms with Crippen LogP contribution < -0.4 is 0 Å². The molecular weight excluding hydrogens is 156 g/mol. The SMILES string of the molecule is CCCCC(C)(O)C(OC)OC. The second-order valence-electron chi connectivity index (χ2n) is 3.26. The van der Waals surface area contributed by atoms with Gasteiger partial charge in [-0.25, -0.2) is 0 Å². The second kappa shape index (κ2) is 5.51. The molecule has 0 heterocycles. The standard InChI is InChI=1S/C9H20O3/c1-5-6-7-9(2,10)8(11-3)12-4/h8,10H,5-7H2,1-4H3. The molecule has 1 N–H and O–H groups in total. The Hall–Kier alpha value is -0.120. The number of methoxy groups -OCH3 is 2. The van der Waals surface area contributed by atoms with Crippen molar-refractivity contribution in [1.29, 1.82) is 0 Å². The van der Waals surface area contributed by atoms with Crippen LogP contribution >= 0.6 is 0 Å². The van der Waals surface area contributed by atoms with Gasteiger partial charge in [0.2, 0.25) is 0 Å². The summed E-state index contributed by atoms with van der Waals surface area (Å²) >= 11 is 0. The molecule has 0 saturated heterocycles. The number of hydrogen-bond acceptors (Lipinski definition) is 3. The number of unbranched alkanes of at least 4 members (excludes halogenated alkanes) is 1. The molecule has 74 valence electrons. The predicted octanol–water partition coefficient (Wildman–Crippen LogP) is 1.55. The van der Waals surface area contributed by atoms with Gasteiger partial charge in [0.15, 0.2) is 6.29 Å². The highest BCUT2D eigenvalue weighted by Gasteiger charge is 2.31. The third-order valence-electron chi connectivity index (χ3n) is 1.97. The molecule has 0 aromatic heterocycles. The average molecular weight is 176 g/mol. The van der Waals surface area contributed by atoms with Crippen molar-refractivity contribution in [3.63, 3.8) is 0 Å². The first-order valence-electron chi connectivity index (χ1n) is 4.36. The van der Waals surface area contributed by atoms with Crippen LogP contribution in [0.2, 0.25) is 0 Å². The normalized spacial score (nSPS) is 16.5. The van der Waals surface area contributed by atoms with Gasteiger partial charge >= 0.3 is 0 Å². The van der Waals surface area contributed by atoms with E-state index in [1.165, 1.54) is 14.2 Å². The van der Waals surface area contributed by atoms with Gasteiger partial charge in [0, 0.05) is 14.2 Å². The van der Waals surface area contributed by atoms with E-state index in [9.17, 15) is 5.11 Å². The van der Waals surface area contributed by atoms with Crippen molar-refractivity contribution in [2.75, 3.05) is 14.2 Å². The fourth-order valence-corrected chi connectivity index (χ4v) is 1.26. The Morgan fingerprint density at radius 1 is 1.33 bits per heavy atom. The third kappa shape index (κ3) is 3.52. The summed E-state index contributed by atoms with van der Waals surface area (Å²) in [6.45, 7) is 3.82. The van der Waals surface area contributed by atoms with Gasteiger partial charge in [-0.2, -0.15) is 0 Å². The van der Waals surface area contributed by atoms with Gasteiger partial charge in [0.05, 0.1) is 0 Å². The van der Waals surface area contributed by atoms with Crippen LogP contribution in [0.4, 0.5) is 0 Å². The summed E-state index contributed by atoms with van der Waals surface area (Å²) in [6.07, 6.45) is 2.23. The van der Waals surface area contributed by atoms with Crippen molar-refractivity contribution in [1.82, 2.24) is 0 Å². The van der Waals surface area contributed by atoms with Crippen LogP contribution in [0.5, 0.6) is 0 Å². The summed E-state index contributed by atoms with van der Waals surface area (Å²) in [5.74, 6) is 0. The maximum absolute atomic E-state index is 9.86. The summed E-state index contributed by atoms with van der Waals surface area (Å²) < 4.78 is 9.98. The molecule has 0 radical (unpaired) electrons. The highest BCUT2D eigenvalue weighted by molar-refractivity contribution is 4.76. The lowest BCUT2D eigenvalue weighted by molar-refractivity contribution is -0.210. The molecular formula is C9H20O3.